The van der Waals surface area contributed by atoms with E-state index in [0.717, 1.165) is 15.9 Å². The second kappa shape index (κ2) is 5.73. The minimum absolute atomic E-state index is 0.139. The second-order valence-corrected chi connectivity index (χ2v) is 4.64. The molecule has 2 N–H and O–H groups in total. The number of aromatic hydroxyl groups is 1. The Kier molecular flexibility index (Phi) is 4.04. The summed E-state index contributed by atoms with van der Waals surface area (Å²) in [6, 6.07) is 9.10. The number of hydrogen-bond donors (Lipinski definition) is 2. The molecule has 94 valence electrons. The minimum atomic E-state index is 0.139. The van der Waals surface area contributed by atoms with Gasteiger partial charge >= 0.3 is 0 Å². The summed E-state index contributed by atoms with van der Waals surface area (Å²) in [6.45, 7) is 0.589. The van der Waals surface area contributed by atoms with E-state index in [1.807, 2.05) is 18.2 Å². The lowest BCUT2D eigenvalue weighted by atomic mass is 10.2. The first-order valence-corrected chi connectivity index (χ1v) is 6.19. The highest BCUT2D eigenvalue weighted by Crippen LogP contribution is 2.26. The Bertz CT molecular complexity index is 529. The Balaban J connectivity index is 2.02. The van der Waals surface area contributed by atoms with Crippen molar-refractivity contribution in [2.45, 2.75) is 6.54 Å². The van der Waals surface area contributed by atoms with Gasteiger partial charge in [-0.1, -0.05) is 6.07 Å². The number of benzene rings is 1. The lowest BCUT2D eigenvalue weighted by Gasteiger charge is -2.08. The SMILES string of the molecule is COc1ccc(CNc2ccc(Br)cn2)cc1O. The number of anilines is 1. The van der Waals surface area contributed by atoms with Gasteiger partial charge in [0.2, 0.25) is 0 Å². The van der Waals surface area contributed by atoms with Crippen LogP contribution in [0.4, 0.5) is 5.82 Å². The number of aromatic nitrogens is 1. The third-order valence-corrected chi connectivity index (χ3v) is 2.91. The van der Waals surface area contributed by atoms with E-state index in [1.54, 1.807) is 18.3 Å². The van der Waals surface area contributed by atoms with Crippen LogP contribution in [0, 0.1) is 0 Å². The molecule has 0 bridgehead atoms. The predicted octanol–water partition coefficient (Wildman–Crippen LogP) is 3.17. The first-order chi connectivity index (χ1) is 8.69. The molecule has 0 amide bonds. The molecule has 1 aromatic heterocycles. The van der Waals surface area contributed by atoms with Crippen LogP contribution in [0.15, 0.2) is 41.0 Å². The molecule has 0 aliphatic rings. The van der Waals surface area contributed by atoms with Gasteiger partial charge in [-0.2, -0.15) is 0 Å². The number of rotatable bonds is 4. The Hall–Kier alpha value is -1.75. The molecule has 0 aliphatic carbocycles. The van der Waals surface area contributed by atoms with Crippen LogP contribution in [-0.4, -0.2) is 17.2 Å². The van der Waals surface area contributed by atoms with Crippen molar-refractivity contribution in [1.82, 2.24) is 4.98 Å². The number of halogens is 1. The van der Waals surface area contributed by atoms with Crippen LogP contribution in [0.5, 0.6) is 11.5 Å². The number of nitrogens with one attached hydrogen (secondary N) is 1. The molecule has 5 heteroatoms. The van der Waals surface area contributed by atoms with E-state index in [4.69, 9.17) is 4.74 Å². The van der Waals surface area contributed by atoms with Crippen LogP contribution in [0.2, 0.25) is 0 Å². The van der Waals surface area contributed by atoms with Crippen LogP contribution in [0.25, 0.3) is 0 Å². The predicted molar refractivity (Wildman–Crippen MR) is 73.9 cm³/mol. The van der Waals surface area contributed by atoms with Gasteiger partial charge in [-0.05, 0) is 45.8 Å². The van der Waals surface area contributed by atoms with Crippen LogP contribution >= 0.6 is 15.9 Å². The maximum absolute atomic E-state index is 9.65. The molecule has 1 heterocycles. The number of phenols is 1. The molecule has 0 radical (unpaired) electrons. The van der Waals surface area contributed by atoms with Crippen molar-refractivity contribution in [3.8, 4) is 11.5 Å². The van der Waals surface area contributed by atoms with Crippen molar-refractivity contribution >= 4 is 21.7 Å². The fraction of sp³-hybridized carbons (Fsp3) is 0.154. The van der Waals surface area contributed by atoms with Crippen LogP contribution in [-0.2, 0) is 6.54 Å². The second-order valence-electron chi connectivity index (χ2n) is 3.72. The number of pyridine rings is 1. The molecular formula is C13H13BrN2O2. The Morgan fingerprint density at radius 2 is 2.17 bits per heavy atom. The van der Waals surface area contributed by atoms with E-state index in [2.05, 4.69) is 26.2 Å². The van der Waals surface area contributed by atoms with Gasteiger partial charge in [0.05, 0.1) is 7.11 Å². The van der Waals surface area contributed by atoms with E-state index in [0.29, 0.717) is 12.3 Å². The lowest BCUT2D eigenvalue weighted by molar-refractivity contribution is 0.373. The molecule has 2 rings (SSSR count). The number of hydrogen-bond acceptors (Lipinski definition) is 4. The fourth-order valence-corrected chi connectivity index (χ4v) is 1.75. The third kappa shape index (κ3) is 3.13. The van der Waals surface area contributed by atoms with Gasteiger partial charge in [-0.3, -0.25) is 0 Å². The van der Waals surface area contributed by atoms with E-state index in [9.17, 15) is 5.11 Å². The smallest absolute Gasteiger partial charge is 0.160 e. The molecule has 0 fully saturated rings. The van der Waals surface area contributed by atoms with E-state index >= 15 is 0 Å². The van der Waals surface area contributed by atoms with Gasteiger partial charge in [-0.25, -0.2) is 4.98 Å². The standard InChI is InChI=1S/C13H13BrN2O2/c1-18-12-4-2-9(6-11(12)17)7-15-13-5-3-10(14)8-16-13/h2-6,8,17H,7H2,1H3,(H,15,16). The third-order valence-electron chi connectivity index (χ3n) is 2.44. The number of phenolic OH excluding ortho intramolecular Hbond substituents is 1. The molecular weight excluding hydrogens is 296 g/mol. The van der Waals surface area contributed by atoms with Gasteiger partial charge in [0.1, 0.15) is 5.82 Å². The van der Waals surface area contributed by atoms with Gasteiger partial charge in [0, 0.05) is 17.2 Å². The molecule has 4 nitrogen and oxygen atoms in total. The van der Waals surface area contributed by atoms with Crippen LogP contribution in [0.1, 0.15) is 5.56 Å². The summed E-state index contributed by atoms with van der Waals surface area (Å²) < 4.78 is 5.93. The van der Waals surface area contributed by atoms with Crippen molar-refractivity contribution in [3.63, 3.8) is 0 Å². The van der Waals surface area contributed by atoms with Gasteiger partial charge in [0.15, 0.2) is 11.5 Å². The zero-order valence-electron chi connectivity index (χ0n) is 9.85. The summed E-state index contributed by atoms with van der Waals surface area (Å²) in [5.41, 5.74) is 0.956. The summed E-state index contributed by atoms with van der Waals surface area (Å²) in [5.74, 6) is 1.40. The minimum Gasteiger partial charge on any atom is -0.504 e. The molecule has 18 heavy (non-hydrogen) atoms. The van der Waals surface area contributed by atoms with Crippen molar-refractivity contribution < 1.29 is 9.84 Å². The quantitative estimate of drug-likeness (QED) is 0.911. The summed E-state index contributed by atoms with van der Waals surface area (Å²) in [5, 5.41) is 12.8. The average molecular weight is 309 g/mol. The first kappa shape index (κ1) is 12.7. The largest absolute Gasteiger partial charge is 0.504 e. The van der Waals surface area contributed by atoms with Crippen molar-refractivity contribution in [3.05, 3.63) is 46.6 Å². The Morgan fingerprint density at radius 3 is 2.78 bits per heavy atom. The summed E-state index contributed by atoms with van der Waals surface area (Å²) in [7, 11) is 1.53. The molecule has 0 atom stereocenters. The maximum Gasteiger partial charge on any atom is 0.160 e. The summed E-state index contributed by atoms with van der Waals surface area (Å²) in [4.78, 5) is 4.20. The van der Waals surface area contributed by atoms with Gasteiger partial charge in [-0.15, -0.1) is 0 Å². The monoisotopic (exact) mass is 308 g/mol. The highest BCUT2D eigenvalue weighted by molar-refractivity contribution is 9.10. The van der Waals surface area contributed by atoms with E-state index in [1.165, 1.54) is 7.11 Å². The highest BCUT2D eigenvalue weighted by atomic mass is 79.9. The highest BCUT2D eigenvalue weighted by Gasteiger charge is 2.02. The summed E-state index contributed by atoms with van der Waals surface area (Å²) in [6.07, 6.45) is 1.73. The zero-order valence-corrected chi connectivity index (χ0v) is 11.4. The van der Waals surface area contributed by atoms with E-state index < -0.39 is 0 Å². The zero-order chi connectivity index (χ0) is 13.0. The van der Waals surface area contributed by atoms with Gasteiger partial charge < -0.3 is 15.2 Å². The molecule has 2 aromatic rings. The number of nitrogens with zero attached hydrogens (tertiary/aromatic N) is 1. The molecule has 1 aromatic carbocycles. The Labute approximate surface area is 114 Å². The van der Waals surface area contributed by atoms with Crippen molar-refractivity contribution in [2.24, 2.45) is 0 Å². The fourth-order valence-electron chi connectivity index (χ4n) is 1.52. The first-order valence-electron chi connectivity index (χ1n) is 5.40. The number of methoxy groups -OCH3 is 1. The molecule has 0 unspecified atom stereocenters. The van der Waals surface area contributed by atoms with Crippen molar-refractivity contribution in [1.29, 1.82) is 0 Å². The Morgan fingerprint density at radius 1 is 1.33 bits per heavy atom. The number of ether oxygens (including phenoxy) is 1. The maximum atomic E-state index is 9.65. The molecule has 0 saturated carbocycles. The lowest BCUT2D eigenvalue weighted by Crippen LogP contribution is -2.01. The average Bonchev–Trinajstić information content (AvgIpc) is 2.38. The van der Waals surface area contributed by atoms with Crippen LogP contribution < -0.4 is 10.1 Å². The van der Waals surface area contributed by atoms with Crippen molar-refractivity contribution in [2.75, 3.05) is 12.4 Å². The molecule has 0 aliphatic heterocycles. The van der Waals surface area contributed by atoms with Gasteiger partial charge in [0.25, 0.3) is 0 Å². The molecule has 0 spiro atoms. The van der Waals surface area contributed by atoms with E-state index in [-0.39, 0.29) is 5.75 Å². The summed E-state index contributed by atoms with van der Waals surface area (Å²) >= 11 is 3.33. The molecule has 0 saturated heterocycles. The topological polar surface area (TPSA) is 54.4 Å². The normalized spacial score (nSPS) is 10.1. The van der Waals surface area contributed by atoms with Crippen LogP contribution in [0.3, 0.4) is 0 Å².